The van der Waals surface area contributed by atoms with Gasteiger partial charge in [-0.1, -0.05) is 11.6 Å². The number of nitrogens with one attached hydrogen (secondary N) is 1. The molecule has 21 heavy (non-hydrogen) atoms. The summed E-state index contributed by atoms with van der Waals surface area (Å²) in [6, 6.07) is -0.0151. The van der Waals surface area contributed by atoms with Crippen LogP contribution in [0.25, 0.3) is 0 Å². The zero-order valence-corrected chi connectivity index (χ0v) is 13.7. The second kappa shape index (κ2) is 7.56. The Hall–Kier alpha value is -1.40. The van der Waals surface area contributed by atoms with Crippen molar-refractivity contribution in [1.29, 1.82) is 0 Å². The van der Waals surface area contributed by atoms with Crippen molar-refractivity contribution in [2.75, 3.05) is 26.2 Å². The predicted octanol–water partition coefficient (Wildman–Crippen LogP) is 2.89. The molecule has 1 atom stereocenters. The van der Waals surface area contributed by atoms with Gasteiger partial charge in [-0.05, 0) is 27.2 Å². The van der Waals surface area contributed by atoms with Gasteiger partial charge in [0, 0.05) is 24.2 Å². The van der Waals surface area contributed by atoms with Gasteiger partial charge in [-0.2, -0.15) is 0 Å². The Bertz CT molecular complexity index is 509. The number of hydrogen-bond donors (Lipinski definition) is 1. The minimum absolute atomic E-state index is 0.0151. The van der Waals surface area contributed by atoms with Crippen molar-refractivity contribution in [3.8, 4) is 0 Å². The Morgan fingerprint density at radius 3 is 3.10 bits per heavy atom. The molecule has 0 unspecified atom stereocenters. The molecular formula is C15H23N3O2S. The lowest BCUT2D eigenvalue weighted by atomic mass is 10.2. The number of urea groups is 1. The van der Waals surface area contributed by atoms with Gasteiger partial charge < -0.3 is 15.0 Å². The molecule has 5 nitrogen and oxygen atoms in total. The number of morpholine rings is 1. The maximum Gasteiger partial charge on any atom is 0.317 e. The highest BCUT2D eigenvalue weighted by atomic mass is 32.1. The molecule has 116 valence electrons. The summed E-state index contributed by atoms with van der Waals surface area (Å²) in [5.41, 5.74) is 2.27. The highest BCUT2D eigenvalue weighted by molar-refractivity contribution is 7.09. The lowest BCUT2D eigenvalue weighted by Crippen LogP contribution is -2.47. The van der Waals surface area contributed by atoms with Crippen molar-refractivity contribution < 1.29 is 9.53 Å². The van der Waals surface area contributed by atoms with Crippen LogP contribution in [0.2, 0.25) is 0 Å². The lowest BCUT2D eigenvalue weighted by molar-refractivity contribution is -0.0155. The summed E-state index contributed by atoms with van der Waals surface area (Å²) in [6.45, 7) is 8.52. The number of aromatic nitrogens is 1. The third-order valence-electron chi connectivity index (χ3n) is 3.24. The van der Waals surface area contributed by atoms with Gasteiger partial charge in [0.05, 0.1) is 13.2 Å². The number of ether oxygens (including phenoxy) is 1. The molecule has 6 heteroatoms. The van der Waals surface area contributed by atoms with Crippen molar-refractivity contribution in [1.82, 2.24) is 15.2 Å². The molecule has 2 amide bonds. The van der Waals surface area contributed by atoms with E-state index < -0.39 is 0 Å². The topological polar surface area (TPSA) is 54.5 Å². The molecule has 2 heterocycles. The maximum atomic E-state index is 12.1. The Balaban J connectivity index is 1.83. The van der Waals surface area contributed by atoms with Gasteiger partial charge in [0.2, 0.25) is 0 Å². The van der Waals surface area contributed by atoms with Gasteiger partial charge >= 0.3 is 6.03 Å². The summed E-state index contributed by atoms with van der Waals surface area (Å²) in [7, 11) is 0. The number of aryl methyl sites for hydroxylation is 1. The summed E-state index contributed by atoms with van der Waals surface area (Å²) < 4.78 is 5.73. The molecule has 1 fully saturated rings. The molecule has 1 N–H and O–H groups in total. The minimum atomic E-state index is -0.0963. The number of amides is 2. The molecule has 1 aliphatic rings. The molecule has 1 aromatic rings. The third kappa shape index (κ3) is 4.82. The number of thiazole rings is 1. The average molecular weight is 309 g/mol. The van der Waals surface area contributed by atoms with Crippen LogP contribution in [-0.2, 0) is 4.74 Å². The summed E-state index contributed by atoms with van der Waals surface area (Å²) in [5.74, 6) is 0. The second-order valence-corrected chi connectivity index (χ2v) is 6.32. The average Bonchev–Trinajstić information content (AvgIpc) is 2.90. The Morgan fingerprint density at radius 1 is 1.62 bits per heavy atom. The second-order valence-electron chi connectivity index (χ2n) is 5.43. The van der Waals surface area contributed by atoms with Gasteiger partial charge in [-0.3, -0.25) is 0 Å². The molecule has 2 rings (SSSR count). The van der Waals surface area contributed by atoms with E-state index in [1.54, 1.807) is 11.3 Å². The van der Waals surface area contributed by atoms with E-state index in [4.69, 9.17) is 4.74 Å². The fraction of sp³-hybridized carbons (Fsp3) is 0.600. The monoisotopic (exact) mass is 309 g/mol. The zero-order chi connectivity index (χ0) is 15.2. The molecule has 0 aromatic carbocycles. The standard InChI is InChI=1S/C15H23N3O2S/c1-11(2)5-4-6-16-15(19)18-7-8-20-13(9-18)14-17-12(3)10-21-14/h5,10,13H,4,6-9H2,1-3H3,(H,16,19)/t13-/m0/s1. The molecular weight excluding hydrogens is 286 g/mol. The first-order valence-electron chi connectivity index (χ1n) is 7.26. The van der Waals surface area contributed by atoms with E-state index in [2.05, 4.69) is 30.2 Å². The maximum absolute atomic E-state index is 12.1. The van der Waals surface area contributed by atoms with Crippen molar-refractivity contribution in [3.05, 3.63) is 27.7 Å². The van der Waals surface area contributed by atoms with Crippen LogP contribution in [-0.4, -0.2) is 42.2 Å². The smallest absolute Gasteiger partial charge is 0.317 e. The van der Waals surface area contributed by atoms with Crippen LogP contribution in [0.15, 0.2) is 17.0 Å². The first kappa shape index (κ1) is 16.0. The number of nitrogens with zero attached hydrogens (tertiary/aromatic N) is 2. The van der Waals surface area contributed by atoms with E-state index in [0.717, 1.165) is 17.1 Å². The van der Waals surface area contributed by atoms with Crippen LogP contribution in [0.1, 0.15) is 37.1 Å². The van der Waals surface area contributed by atoms with Crippen molar-refractivity contribution in [2.24, 2.45) is 0 Å². The molecule has 0 saturated carbocycles. The van der Waals surface area contributed by atoms with Crippen LogP contribution in [0.5, 0.6) is 0 Å². The molecule has 0 aliphatic carbocycles. The van der Waals surface area contributed by atoms with Crippen LogP contribution in [0, 0.1) is 6.92 Å². The normalized spacial score (nSPS) is 18.4. The number of carbonyl (C=O) groups excluding carboxylic acids is 1. The number of rotatable bonds is 4. The van der Waals surface area contributed by atoms with Crippen LogP contribution >= 0.6 is 11.3 Å². The van der Waals surface area contributed by atoms with E-state index in [0.29, 0.717) is 26.2 Å². The third-order valence-corrected chi connectivity index (χ3v) is 4.29. The summed E-state index contributed by atoms with van der Waals surface area (Å²) >= 11 is 1.59. The van der Waals surface area contributed by atoms with E-state index in [9.17, 15) is 4.79 Å². The fourth-order valence-electron chi connectivity index (χ4n) is 2.15. The molecule has 0 spiro atoms. The van der Waals surface area contributed by atoms with E-state index >= 15 is 0 Å². The largest absolute Gasteiger partial charge is 0.367 e. The molecule has 1 aliphatic heterocycles. The molecule has 0 bridgehead atoms. The van der Waals surface area contributed by atoms with E-state index in [1.165, 1.54) is 5.57 Å². The predicted molar refractivity (Wildman–Crippen MR) is 84.6 cm³/mol. The molecule has 0 radical (unpaired) electrons. The summed E-state index contributed by atoms with van der Waals surface area (Å²) in [4.78, 5) is 18.4. The molecule has 1 aromatic heterocycles. The van der Waals surface area contributed by atoms with Gasteiger partial charge in [-0.25, -0.2) is 9.78 Å². The fourth-order valence-corrected chi connectivity index (χ4v) is 2.99. The highest BCUT2D eigenvalue weighted by Crippen LogP contribution is 2.25. The minimum Gasteiger partial charge on any atom is -0.367 e. The number of hydrogen-bond acceptors (Lipinski definition) is 4. The number of carbonyl (C=O) groups is 1. The lowest BCUT2D eigenvalue weighted by Gasteiger charge is -2.32. The first-order chi connectivity index (χ1) is 10.1. The van der Waals surface area contributed by atoms with Gasteiger partial charge in [0.15, 0.2) is 0 Å². The van der Waals surface area contributed by atoms with Gasteiger partial charge in [0.1, 0.15) is 11.1 Å². The van der Waals surface area contributed by atoms with Crippen LogP contribution < -0.4 is 5.32 Å². The van der Waals surface area contributed by atoms with Crippen molar-refractivity contribution in [2.45, 2.75) is 33.3 Å². The van der Waals surface area contributed by atoms with Gasteiger partial charge in [-0.15, -0.1) is 11.3 Å². The van der Waals surface area contributed by atoms with Crippen molar-refractivity contribution >= 4 is 17.4 Å². The summed E-state index contributed by atoms with van der Waals surface area (Å²) in [6.07, 6.45) is 2.90. The summed E-state index contributed by atoms with van der Waals surface area (Å²) in [5, 5.41) is 5.92. The quantitative estimate of drug-likeness (QED) is 0.687. The van der Waals surface area contributed by atoms with Crippen LogP contribution in [0.4, 0.5) is 4.79 Å². The van der Waals surface area contributed by atoms with Crippen LogP contribution in [0.3, 0.4) is 0 Å². The zero-order valence-electron chi connectivity index (χ0n) is 12.9. The SMILES string of the molecule is CC(C)=CCCNC(=O)N1CCO[C@H](c2nc(C)cs2)C1. The van der Waals surface area contributed by atoms with E-state index in [1.807, 2.05) is 17.2 Å². The van der Waals surface area contributed by atoms with Crippen molar-refractivity contribution in [3.63, 3.8) is 0 Å². The highest BCUT2D eigenvalue weighted by Gasteiger charge is 2.26. The van der Waals surface area contributed by atoms with Gasteiger partial charge in [0.25, 0.3) is 0 Å². The van der Waals surface area contributed by atoms with E-state index in [-0.39, 0.29) is 12.1 Å². The Labute approximate surface area is 130 Å². The first-order valence-corrected chi connectivity index (χ1v) is 8.14. The Kier molecular flexibility index (Phi) is 5.76. The number of allylic oxidation sites excluding steroid dienone is 1. The molecule has 1 saturated heterocycles. The Morgan fingerprint density at radius 2 is 2.43 bits per heavy atom.